The highest BCUT2D eigenvalue weighted by Crippen LogP contribution is 2.25. The van der Waals surface area contributed by atoms with Crippen molar-refractivity contribution in [1.29, 1.82) is 0 Å². The van der Waals surface area contributed by atoms with Crippen molar-refractivity contribution in [3.05, 3.63) is 108 Å². The van der Waals surface area contributed by atoms with Crippen LogP contribution in [0.25, 0.3) is 0 Å². The van der Waals surface area contributed by atoms with E-state index in [4.69, 9.17) is 4.74 Å². The van der Waals surface area contributed by atoms with Crippen LogP contribution in [0, 0.1) is 30.3 Å². The Morgan fingerprint density at radius 2 is 1.39 bits per heavy atom. The van der Waals surface area contributed by atoms with E-state index in [1.165, 1.54) is 36.5 Å². The van der Waals surface area contributed by atoms with Gasteiger partial charge < -0.3 is 4.74 Å². The molecule has 0 bridgehead atoms. The third kappa shape index (κ3) is 5.69. The number of para-hydroxylation sites is 1. The highest BCUT2D eigenvalue weighted by Gasteiger charge is 2.21. The van der Waals surface area contributed by atoms with E-state index in [0.29, 0.717) is 11.3 Å². The molecule has 13 heteroatoms. The molecule has 0 aliphatic heterocycles. The summed E-state index contributed by atoms with van der Waals surface area (Å²) in [7, 11) is 0. The molecule has 0 aliphatic carbocycles. The standard InChI is InChI=1S/C20H13N5O8/c26-20(14-9-17(24(29)30)11-18(10-14)25(31)32)33-19-4-2-1-3-13(19)12-21-22-15-5-7-16(8-6-15)23(27)28/h1-12,22H/b21-12+. The fourth-order valence-corrected chi connectivity index (χ4v) is 2.60. The summed E-state index contributed by atoms with van der Waals surface area (Å²) < 4.78 is 5.27. The molecule has 0 saturated carbocycles. The highest BCUT2D eigenvalue weighted by molar-refractivity contribution is 5.94. The number of nitro groups is 3. The zero-order chi connectivity index (χ0) is 24.0. The van der Waals surface area contributed by atoms with Gasteiger partial charge in [-0.15, -0.1) is 0 Å². The maximum Gasteiger partial charge on any atom is 0.344 e. The van der Waals surface area contributed by atoms with Crippen LogP contribution in [0.15, 0.2) is 71.8 Å². The first-order valence-corrected chi connectivity index (χ1v) is 9.03. The van der Waals surface area contributed by atoms with E-state index < -0.39 is 32.1 Å². The van der Waals surface area contributed by atoms with Crippen LogP contribution < -0.4 is 10.2 Å². The van der Waals surface area contributed by atoms with E-state index in [0.717, 1.165) is 18.2 Å². The Bertz CT molecular complexity index is 1240. The molecule has 0 aliphatic rings. The fourth-order valence-electron chi connectivity index (χ4n) is 2.60. The van der Waals surface area contributed by atoms with Gasteiger partial charge in [-0.3, -0.25) is 35.8 Å². The van der Waals surface area contributed by atoms with E-state index in [2.05, 4.69) is 10.5 Å². The molecule has 13 nitrogen and oxygen atoms in total. The first-order chi connectivity index (χ1) is 15.7. The summed E-state index contributed by atoms with van der Waals surface area (Å²) >= 11 is 0. The van der Waals surface area contributed by atoms with Crippen LogP contribution in [0.2, 0.25) is 0 Å². The third-order valence-electron chi connectivity index (χ3n) is 4.16. The van der Waals surface area contributed by atoms with Crippen molar-refractivity contribution >= 4 is 34.9 Å². The Morgan fingerprint density at radius 3 is 1.97 bits per heavy atom. The lowest BCUT2D eigenvalue weighted by molar-refractivity contribution is -0.394. The SMILES string of the molecule is O=C(Oc1ccccc1/C=N/Nc1ccc([N+](=O)[O-])cc1)c1cc([N+](=O)[O-])cc([N+](=O)[O-])c1. The number of non-ortho nitro benzene ring substituents is 3. The molecule has 1 N–H and O–H groups in total. The second kappa shape index (κ2) is 9.74. The Hall–Kier alpha value is -5.20. The number of hydrogen-bond donors (Lipinski definition) is 1. The van der Waals surface area contributed by atoms with E-state index >= 15 is 0 Å². The maximum absolute atomic E-state index is 12.5. The van der Waals surface area contributed by atoms with Crippen molar-refractivity contribution in [2.24, 2.45) is 5.10 Å². The largest absolute Gasteiger partial charge is 0.422 e. The average Bonchev–Trinajstić information content (AvgIpc) is 2.80. The summed E-state index contributed by atoms with van der Waals surface area (Å²) in [6.07, 6.45) is 1.32. The van der Waals surface area contributed by atoms with Crippen LogP contribution >= 0.6 is 0 Å². The number of anilines is 1. The summed E-state index contributed by atoms with van der Waals surface area (Å²) in [6, 6.07) is 14.2. The molecular weight excluding hydrogens is 438 g/mol. The number of hydrogen-bond acceptors (Lipinski definition) is 10. The van der Waals surface area contributed by atoms with Crippen LogP contribution in [0.3, 0.4) is 0 Å². The molecule has 0 saturated heterocycles. The van der Waals surface area contributed by atoms with Crippen LogP contribution in [0.5, 0.6) is 5.75 Å². The van der Waals surface area contributed by atoms with Crippen LogP contribution in [0.1, 0.15) is 15.9 Å². The summed E-state index contributed by atoms with van der Waals surface area (Å²) in [5.74, 6) is -0.989. The lowest BCUT2D eigenvalue weighted by atomic mass is 10.1. The lowest BCUT2D eigenvalue weighted by Crippen LogP contribution is -2.11. The predicted octanol–water partition coefficient (Wildman–Crippen LogP) is 4.08. The highest BCUT2D eigenvalue weighted by atomic mass is 16.6. The molecule has 3 rings (SSSR count). The molecule has 0 amide bonds. The molecule has 3 aromatic rings. The Balaban J connectivity index is 1.78. The molecule has 0 spiro atoms. The summed E-state index contributed by atoms with van der Waals surface area (Å²) in [5, 5.41) is 36.7. The Morgan fingerprint density at radius 1 is 0.818 bits per heavy atom. The number of ether oxygens (including phenoxy) is 1. The van der Waals surface area contributed by atoms with E-state index in [9.17, 15) is 35.1 Å². The summed E-state index contributed by atoms with van der Waals surface area (Å²) in [6.45, 7) is 0. The van der Waals surface area contributed by atoms with E-state index in [1.54, 1.807) is 18.2 Å². The molecule has 3 aromatic carbocycles. The second-order valence-electron chi connectivity index (χ2n) is 6.35. The monoisotopic (exact) mass is 451 g/mol. The molecule has 0 aromatic heterocycles. The van der Waals surface area contributed by atoms with Gasteiger partial charge in [-0.05, 0) is 24.3 Å². The minimum atomic E-state index is -1.04. The minimum absolute atomic E-state index is 0.0471. The quantitative estimate of drug-likeness (QED) is 0.173. The number of esters is 1. The molecule has 166 valence electrons. The van der Waals surface area contributed by atoms with Crippen LogP contribution in [0.4, 0.5) is 22.7 Å². The number of benzene rings is 3. The van der Waals surface area contributed by atoms with Crippen molar-refractivity contribution in [3.63, 3.8) is 0 Å². The van der Waals surface area contributed by atoms with Gasteiger partial charge in [-0.2, -0.15) is 5.10 Å². The van der Waals surface area contributed by atoms with E-state index in [-0.39, 0.29) is 17.0 Å². The topological polar surface area (TPSA) is 180 Å². The number of carbonyl (C=O) groups excluding carboxylic acids is 1. The van der Waals surface area contributed by atoms with Gasteiger partial charge in [0.15, 0.2) is 0 Å². The van der Waals surface area contributed by atoms with Gasteiger partial charge in [-0.1, -0.05) is 12.1 Å². The van der Waals surface area contributed by atoms with Crippen molar-refractivity contribution in [3.8, 4) is 5.75 Å². The van der Waals surface area contributed by atoms with Crippen LogP contribution in [-0.2, 0) is 0 Å². The number of nitrogens with zero attached hydrogens (tertiary/aromatic N) is 4. The average molecular weight is 451 g/mol. The molecule has 0 fully saturated rings. The zero-order valence-electron chi connectivity index (χ0n) is 16.5. The van der Waals surface area contributed by atoms with E-state index in [1.807, 2.05) is 0 Å². The van der Waals surface area contributed by atoms with Gasteiger partial charge in [0.05, 0.1) is 38.3 Å². The molecular formula is C20H13N5O8. The zero-order valence-corrected chi connectivity index (χ0v) is 16.5. The normalized spacial score (nSPS) is 10.5. The number of hydrazone groups is 1. The van der Waals surface area contributed by atoms with Crippen molar-refractivity contribution in [2.45, 2.75) is 0 Å². The van der Waals surface area contributed by atoms with Gasteiger partial charge in [0, 0.05) is 29.8 Å². The molecule has 0 atom stereocenters. The first kappa shape index (κ1) is 22.5. The number of rotatable bonds is 8. The van der Waals surface area contributed by atoms with Crippen molar-refractivity contribution in [1.82, 2.24) is 0 Å². The van der Waals surface area contributed by atoms with Gasteiger partial charge in [0.2, 0.25) is 0 Å². The molecule has 0 radical (unpaired) electrons. The minimum Gasteiger partial charge on any atom is -0.422 e. The smallest absolute Gasteiger partial charge is 0.344 e. The Labute approximate surface area is 184 Å². The van der Waals surface area contributed by atoms with Gasteiger partial charge >= 0.3 is 5.97 Å². The second-order valence-corrected chi connectivity index (χ2v) is 6.35. The van der Waals surface area contributed by atoms with Crippen molar-refractivity contribution < 1.29 is 24.3 Å². The maximum atomic E-state index is 12.5. The summed E-state index contributed by atoms with van der Waals surface area (Å²) in [4.78, 5) is 43.0. The third-order valence-corrected chi connectivity index (χ3v) is 4.16. The van der Waals surface area contributed by atoms with Gasteiger partial charge in [0.25, 0.3) is 17.1 Å². The Kier molecular flexibility index (Phi) is 6.64. The predicted molar refractivity (Wildman–Crippen MR) is 115 cm³/mol. The fraction of sp³-hybridized carbons (Fsp3) is 0. The number of carbonyl (C=O) groups is 1. The lowest BCUT2D eigenvalue weighted by Gasteiger charge is -2.07. The molecule has 33 heavy (non-hydrogen) atoms. The number of nitro benzene ring substituents is 3. The van der Waals surface area contributed by atoms with Crippen molar-refractivity contribution in [2.75, 3.05) is 5.43 Å². The van der Waals surface area contributed by atoms with Gasteiger partial charge in [-0.25, -0.2) is 4.79 Å². The van der Waals surface area contributed by atoms with Gasteiger partial charge in [0.1, 0.15) is 5.75 Å². The van der Waals surface area contributed by atoms with Crippen LogP contribution in [-0.4, -0.2) is 27.0 Å². The summed E-state index contributed by atoms with van der Waals surface area (Å²) in [5.41, 5.74) is 1.78. The molecule has 0 unspecified atom stereocenters. The number of nitrogens with one attached hydrogen (secondary N) is 1. The first-order valence-electron chi connectivity index (χ1n) is 9.03. The molecule has 0 heterocycles.